The molecule has 1 aliphatic carbocycles. The minimum Gasteiger partial charge on any atom is -0.463 e. The topological polar surface area (TPSA) is 185 Å². The fourth-order valence-corrected chi connectivity index (χ4v) is 5.60. The smallest absolute Gasteiger partial charge is 0.407 e. The van der Waals surface area contributed by atoms with E-state index in [9.17, 15) is 28.8 Å². The highest BCUT2D eigenvalue weighted by Gasteiger charge is 2.51. The van der Waals surface area contributed by atoms with Gasteiger partial charge in [-0.1, -0.05) is 48.5 Å². The van der Waals surface area contributed by atoms with Crippen molar-refractivity contribution in [2.75, 3.05) is 13.2 Å². The molecule has 0 spiro atoms. The molecule has 2 aromatic rings. The number of esters is 3. The number of benzene rings is 2. The van der Waals surface area contributed by atoms with E-state index in [0.717, 1.165) is 43.0 Å². The largest absolute Gasteiger partial charge is 0.463 e. The molecule has 2 aliphatic rings. The first kappa shape index (κ1) is 33.9. The Morgan fingerprint density at radius 3 is 1.85 bits per heavy atom. The molecule has 4 rings (SSSR count). The van der Waals surface area contributed by atoms with Crippen molar-refractivity contribution in [1.82, 2.24) is 16.0 Å². The number of hydrogen-bond donors (Lipinski definition) is 3. The maximum Gasteiger partial charge on any atom is 0.407 e. The van der Waals surface area contributed by atoms with Crippen LogP contribution in [0.2, 0.25) is 0 Å². The Kier molecular flexibility index (Phi) is 11.0. The van der Waals surface area contributed by atoms with E-state index >= 15 is 0 Å². The molecule has 1 fully saturated rings. The molecule has 0 unspecified atom stereocenters. The Morgan fingerprint density at radius 1 is 0.739 bits per heavy atom. The quantitative estimate of drug-likeness (QED) is 0.254. The molecule has 1 saturated heterocycles. The zero-order valence-electron chi connectivity index (χ0n) is 26.1. The monoisotopic (exact) mass is 639 g/mol. The molecule has 246 valence electrons. The zero-order valence-corrected chi connectivity index (χ0v) is 26.1. The van der Waals surface area contributed by atoms with E-state index in [-0.39, 0.29) is 12.5 Å². The normalized spacial score (nSPS) is 22.2. The van der Waals surface area contributed by atoms with Crippen LogP contribution in [0.3, 0.4) is 0 Å². The van der Waals surface area contributed by atoms with Crippen LogP contribution in [0.5, 0.6) is 0 Å². The lowest BCUT2D eigenvalue weighted by Crippen LogP contribution is -2.70. The molecule has 0 bridgehead atoms. The molecule has 0 radical (unpaired) electrons. The van der Waals surface area contributed by atoms with Gasteiger partial charge in [-0.15, -0.1) is 0 Å². The molecular weight excluding hydrogens is 602 g/mol. The number of carbonyl (C=O) groups excluding carboxylic acids is 6. The highest BCUT2D eigenvalue weighted by molar-refractivity contribution is 5.85. The van der Waals surface area contributed by atoms with E-state index in [1.54, 1.807) is 0 Å². The molecule has 0 aromatic heterocycles. The lowest BCUT2D eigenvalue weighted by atomic mass is 9.95. The van der Waals surface area contributed by atoms with Crippen molar-refractivity contribution in [1.29, 1.82) is 0 Å². The van der Waals surface area contributed by atoms with E-state index in [2.05, 4.69) is 16.0 Å². The van der Waals surface area contributed by atoms with Gasteiger partial charge in [-0.25, -0.2) is 4.79 Å². The third kappa shape index (κ3) is 8.18. The van der Waals surface area contributed by atoms with E-state index in [4.69, 9.17) is 23.7 Å². The first-order valence-corrected chi connectivity index (χ1v) is 14.7. The van der Waals surface area contributed by atoms with Crippen LogP contribution in [0.25, 0.3) is 11.1 Å². The van der Waals surface area contributed by atoms with Gasteiger partial charge in [-0.3, -0.25) is 24.0 Å². The van der Waals surface area contributed by atoms with E-state index in [0.29, 0.717) is 0 Å². The van der Waals surface area contributed by atoms with Gasteiger partial charge >= 0.3 is 24.0 Å². The molecule has 14 nitrogen and oxygen atoms in total. The van der Waals surface area contributed by atoms with Gasteiger partial charge < -0.3 is 39.6 Å². The average molecular weight is 640 g/mol. The Morgan fingerprint density at radius 2 is 1.30 bits per heavy atom. The average Bonchev–Trinajstić information content (AvgIpc) is 3.31. The highest BCUT2D eigenvalue weighted by atomic mass is 16.6. The van der Waals surface area contributed by atoms with E-state index in [1.165, 1.54) is 13.8 Å². The second-order valence-corrected chi connectivity index (χ2v) is 11.0. The maximum atomic E-state index is 13.3. The summed E-state index contributed by atoms with van der Waals surface area (Å²) in [5, 5.41) is 7.63. The summed E-state index contributed by atoms with van der Waals surface area (Å²) in [5.74, 6) is -3.71. The Hall–Kier alpha value is -4.98. The fourth-order valence-electron chi connectivity index (χ4n) is 5.60. The van der Waals surface area contributed by atoms with E-state index < -0.39 is 79.0 Å². The first-order chi connectivity index (χ1) is 21.8. The van der Waals surface area contributed by atoms with Crippen LogP contribution in [0.4, 0.5) is 4.79 Å². The van der Waals surface area contributed by atoms with Crippen molar-refractivity contribution in [3.05, 3.63) is 59.7 Å². The van der Waals surface area contributed by atoms with Crippen LogP contribution >= 0.6 is 0 Å². The number of amides is 3. The summed E-state index contributed by atoms with van der Waals surface area (Å²) >= 11 is 0. The Bertz CT molecular complexity index is 1450. The highest BCUT2D eigenvalue weighted by Crippen LogP contribution is 2.44. The number of ether oxygens (including phenoxy) is 5. The third-order valence-electron chi connectivity index (χ3n) is 7.47. The second kappa shape index (κ2) is 14.9. The van der Waals surface area contributed by atoms with Crippen molar-refractivity contribution in [3.63, 3.8) is 0 Å². The zero-order chi connectivity index (χ0) is 33.5. The molecule has 3 N–H and O–H groups in total. The van der Waals surface area contributed by atoms with Crippen molar-refractivity contribution >= 4 is 35.8 Å². The molecule has 46 heavy (non-hydrogen) atoms. The summed E-state index contributed by atoms with van der Waals surface area (Å²) in [7, 11) is 0. The predicted octanol–water partition coefficient (Wildman–Crippen LogP) is 1.69. The molecular formula is C32H37N3O11. The van der Waals surface area contributed by atoms with Crippen molar-refractivity contribution in [3.8, 4) is 11.1 Å². The summed E-state index contributed by atoms with van der Waals surface area (Å²) in [5.41, 5.74) is 4.18. The molecule has 3 amide bonds. The minimum absolute atomic E-state index is 0.0317. The van der Waals surface area contributed by atoms with Crippen LogP contribution in [-0.4, -0.2) is 85.7 Å². The molecule has 0 saturated carbocycles. The van der Waals surface area contributed by atoms with Gasteiger partial charge in [-0.05, 0) is 29.2 Å². The number of nitrogens with one attached hydrogen (secondary N) is 3. The minimum atomic E-state index is -1.38. The van der Waals surface area contributed by atoms with Gasteiger partial charge in [-0.2, -0.15) is 0 Å². The number of fused-ring (bicyclic) bond motifs is 3. The standard InChI is InChI=1S/C32H37N3O11/c1-16(33-32(41)43-14-25-23-12-8-6-10-21(23)22-11-7-9-13-24(22)25)30(40)35-31-27(34-17(2)36)29(45-20(5)39)28(44-19(4)38)26(46-31)15-42-18(3)37/h6-13,16,25-29,31H,14-15H2,1-5H3,(H,33,41)(H,34,36)(H,35,40)/t16-,26+,27+,28+,29+,31+/m0/s1. The van der Waals surface area contributed by atoms with Gasteiger partial charge in [0.05, 0.1) is 0 Å². The van der Waals surface area contributed by atoms with Gasteiger partial charge in [0, 0.05) is 33.6 Å². The predicted molar refractivity (Wildman–Crippen MR) is 160 cm³/mol. The number of carbonyl (C=O) groups is 6. The first-order valence-electron chi connectivity index (χ1n) is 14.7. The summed E-state index contributed by atoms with van der Waals surface area (Å²) in [6.45, 7) is 5.59. The van der Waals surface area contributed by atoms with Crippen molar-refractivity contribution in [2.24, 2.45) is 0 Å². The summed E-state index contributed by atoms with van der Waals surface area (Å²) < 4.78 is 27.3. The number of rotatable bonds is 10. The summed E-state index contributed by atoms with van der Waals surface area (Å²) in [6, 6.07) is 13.3. The van der Waals surface area contributed by atoms with Crippen LogP contribution in [0, 0.1) is 0 Å². The van der Waals surface area contributed by atoms with Crippen molar-refractivity contribution < 1.29 is 52.5 Å². The number of alkyl carbamates (subject to hydrolysis) is 1. The van der Waals surface area contributed by atoms with Gasteiger partial charge in [0.1, 0.15) is 31.4 Å². The lowest BCUT2D eigenvalue weighted by Gasteiger charge is -2.45. The third-order valence-corrected chi connectivity index (χ3v) is 7.47. The van der Waals surface area contributed by atoms with Crippen LogP contribution < -0.4 is 16.0 Å². The van der Waals surface area contributed by atoms with Crippen LogP contribution in [0.15, 0.2) is 48.5 Å². The van der Waals surface area contributed by atoms with Gasteiger partial charge in [0.2, 0.25) is 11.8 Å². The summed E-state index contributed by atoms with van der Waals surface area (Å²) in [4.78, 5) is 73.7. The molecule has 1 aliphatic heterocycles. The van der Waals surface area contributed by atoms with Crippen LogP contribution in [-0.2, 0) is 47.7 Å². The Labute approximate surface area is 265 Å². The van der Waals surface area contributed by atoms with Gasteiger partial charge in [0.15, 0.2) is 18.4 Å². The fraction of sp³-hybridized carbons (Fsp3) is 0.438. The van der Waals surface area contributed by atoms with Crippen molar-refractivity contribution in [2.45, 2.75) is 77.2 Å². The van der Waals surface area contributed by atoms with Crippen LogP contribution in [0.1, 0.15) is 51.7 Å². The van der Waals surface area contributed by atoms with Gasteiger partial charge in [0.25, 0.3) is 0 Å². The molecule has 6 atom stereocenters. The molecule has 1 heterocycles. The Balaban J connectivity index is 1.46. The number of hydrogen-bond acceptors (Lipinski definition) is 11. The second-order valence-electron chi connectivity index (χ2n) is 11.0. The summed E-state index contributed by atoms with van der Waals surface area (Å²) in [6.07, 6.45) is -6.09. The maximum absolute atomic E-state index is 13.3. The molecule has 2 aromatic carbocycles. The van der Waals surface area contributed by atoms with E-state index in [1.807, 2.05) is 48.5 Å². The SMILES string of the molecule is CC(=O)N[C@@H]1[C@@H](OC(C)=O)[C@H](OC(C)=O)[C@@H](COC(C)=O)O[C@H]1NC(=O)[C@H](C)NC(=O)OCC1c2ccccc2-c2ccccc21. The lowest BCUT2D eigenvalue weighted by molar-refractivity contribution is -0.228. The molecule has 14 heteroatoms.